The summed E-state index contributed by atoms with van der Waals surface area (Å²) < 4.78 is 13.1. The lowest BCUT2D eigenvalue weighted by molar-refractivity contribution is -0.138. The molecule has 0 saturated carbocycles. The summed E-state index contributed by atoms with van der Waals surface area (Å²) in [7, 11) is 0. The molecule has 2 N–H and O–H groups in total. The van der Waals surface area contributed by atoms with Gasteiger partial charge in [-0.1, -0.05) is 12.1 Å². The van der Waals surface area contributed by atoms with Crippen molar-refractivity contribution in [2.45, 2.75) is 31.6 Å². The van der Waals surface area contributed by atoms with Crippen LogP contribution in [0.1, 0.15) is 37.2 Å². The van der Waals surface area contributed by atoms with E-state index in [1.165, 1.54) is 24.3 Å². The number of aliphatic carboxylic acids is 1. The molecule has 3 amide bonds. The standard InChI is InChI=1S/C20H26FN3O4/c21-16-7-5-14(6-8-16)17(19(26)27)12-22-18(25)15-4-3-11-24(13-15)20(28)23-9-1-2-10-23/h5-8,15,17H,1-4,9-13H2,(H,22,25)(H,26,27). The SMILES string of the molecule is O=C(NCC(C(=O)O)c1ccc(F)cc1)C1CCCN(C(=O)N2CCCC2)C1. The molecule has 28 heavy (non-hydrogen) atoms. The topological polar surface area (TPSA) is 90.0 Å². The van der Waals surface area contributed by atoms with Crippen LogP contribution in [0.4, 0.5) is 9.18 Å². The number of hydrogen-bond donors (Lipinski definition) is 2. The van der Waals surface area contributed by atoms with Gasteiger partial charge < -0.3 is 20.2 Å². The maximum atomic E-state index is 13.1. The minimum absolute atomic E-state index is 0.00951. The summed E-state index contributed by atoms with van der Waals surface area (Å²) in [5.74, 6) is -3.06. The highest BCUT2D eigenvalue weighted by atomic mass is 19.1. The van der Waals surface area contributed by atoms with Gasteiger partial charge in [-0.15, -0.1) is 0 Å². The number of likely N-dealkylation sites (tertiary alicyclic amines) is 2. The number of carbonyl (C=O) groups excluding carboxylic acids is 2. The van der Waals surface area contributed by atoms with Crippen molar-refractivity contribution in [1.82, 2.24) is 15.1 Å². The van der Waals surface area contributed by atoms with Crippen LogP contribution in [0.25, 0.3) is 0 Å². The second kappa shape index (κ2) is 9.03. The van der Waals surface area contributed by atoms with Crippen LogP contribution >= 0.6 is 0 Å². The molecule has 1 aromatic rings. The van der Waals surface area contributed by atoms with E-state index < -0.39 is 17.7 Å². The van der Waals surface area contributed by atoms with Gasteiger partial charge in [0.05, 0.1) is 11.8 Å². The molecule has 2 aliphatic rings. The van der Waals surface area contributed by atoms with Crippen molar-refractivity contribution in [1.29, 1.82) is 0 Å². The third-order valence-corrected chi connectivity index (χ3v) is 5.49. The molecule has 3 rings (SSSR count). The summed E-state index contributed by atoms with van der Waals surface area (Å²) in [5, 5.41) is 12.2. The number of halogens is 1. The van der Waals surface area contributed by atoms with Gasteiger partial charge in [-0.25, -0.2) is 9.18 Å². The second-order valence-corrected chi connectivity index (χ2v) is 7.45. The van der Waals surface area contributed by atoms with Gasteiger partial charge in [-0.05, 0) is 43.4 Å². The molecular formula is C20H26FN3O4. The number of amides is 3. The lowest BCUT2D eigenvalue weighted by Crippen LogP contribution is -2.50. The summed E-state index contributed by atoms with van der Waals surface area (Å²) in [6, 6.07) is 5.23. The monoisotopic (exact) mass is 391 g/mol. The maximum absolute atomic E-state index is 13.1. The highest BCUT2D eigenvalue weighted by molar-refractivity contribution is 5.82. The number of nitrogens with one attached hydrogen (secondary N) is 1. The molecule has 0 aromatic heterocycles. The van der Waals surface area contributed by atoms with E-state index in [0.717, 1.165) is 32.4 Å². The van der Waals surface area contributed by atoms with Crippen LogP contribution in [-0.4, -0.2) is 65.5 Å². The predicted molar refractivity (Wildman–Crippen MR) is 100 cm³/mol. The third-order valence-electron chi connectivity index (χ3n) is 5.49. The number of rotatable bonds is 5. The number of urea groups is 1. The van der Waals surface area contributed by atoms with Crippen molar-refractivity contribution in [3.63, 3.8) is 0 Å². The normalized spacial score (nSPS) is 20.7. The molecule has 8 heteroatoms. The van der Waals surface area contributed by atoms with Crippen molar-refractivity contribution >= 4 is 17.9 Å². The van der Waals surface area contributed by atoms with Crippen LogP contribution in [0.3, 0.4) is 0 Å². The molecule has 0 bridgehead atoms. The Morgan fingerprint density at radius 3 is 2.36 bits per heavy atom. The minimum atomic E-state index is -1.08. The fourth-order valence-electron chi connectivity index (χ4n) is 3.86. The maximum Gasteiger partial charge on any atom is 0.320 e. The van der Waals surface area contributed by atoms with Crippen LogP contribution in [0.15, 0.2) is 24.3 Å². The molecule has 1 aromatic carbocycles. The van der Waals surface area contributed by atoms with E-state index in [0.29, 0.717) is 25.1 Å². The predicted octanol–water partition coefficient (Wildman–Crippen LogP) is 2.04. The molecular weight excluding hydrogens is 365 g/mol. The Kier molecular flexibility index (Phi) is 6.49. The van der Waals surface area contributed by atoms with Gasteiger partial charge in [0.25, 0.3) is 0 Å². The van der Waals surface area contributed by atoms with Gasteiger partial charge in [0.2, 0.25) is 5.91 Å². The Morgan fingerprint density at radius 1 is 1.07 bits per heavy atom. The van der Waals surface area contributed by atoms with E-state index in [4.69, 9.17) is 0 Å². The van der Waals surface area contributed by atoms with E-state index in [9.17, 15) is 23.9 Å². The zero-order chi connectivity index (χ0) is 20.1. The van der Waals surface area contributed by atoms with Crippen LogP contribution in [0.2, 0.25) is 0 Å². The van der Waals surface area contributed by atoms with Crippen LogP contribution in [0.5, 0.6) is 0 Å². The van der Waals surface area contributed by atoms with E-state index in [-0.39, 0.29) is 24.4 Å². The summed E-state index contributed by atoms with van der Waals surface area (Å²) >= 11 is 0. The summed E-state index contributed by atoms with van der Waals surface area (Å²) in [6.45, 7) is 2.46. The van der Waals surface area contributed by atoms with Gasteiger partial charge in [-0.2, -0.15) is 0 Å². The first kappa shape index (κ1) is 20.1. The van der Waals surface area contributed by atoms with Gasteiger partial charge in [0.1, 0.15) is 5.82 Å². The van der Waals surface area contributed by atoms with Crippen LogP contribution in [0, 0.1) is 11.7 Å². The highest BCUT2D eigenvalue weighted by Gasteiger charge is 2.32. The fraction of sp³-hybridized carbons (Fsp3) is 0.550. The number of carboxylic acids is 1. The number of hydrogen-bond acceptors (Lipinski definition) is 3. The second-order valence-electron chi connectivity index (χ2n) is 7.45. The third kappa shape index (κ3) is 4.79. The molecule has 2 aliphatic heterocycles. The van der Waals surface area contributed by atoms with Gasteiger partial charge >= 0.3 is 12.0 Å². The molecule has 152 valence electrons. The first-order valence-corrected chi connectivity index (χ1v) is 9.75. The van der Waals surface area contributed by atoms with Crippen LogP contribution < -0.4 is 5.32 Å². The summed E-state index contributed by atoms with van der Waals surface area (Å²) in [4.78, 5) is 40.2. The average Bonchev–Trinajstić information content (AvgIpc) is 3.23. The van der Waals surface area contributed by atoms with Crippen LogP contribution in [-0.2, 0) is 9.59 Å². The Balaban J connectivity index is 1.56. The number of benzene rings is 1. The molecule has 2 atom stereocenters. The molecule has 0 spiro atoms. The summed E-state index contributed by atoms with van der Waals surface area (Å²) in [6.07, 6.45) is 3.45. The lowest BCUT2D eigenvalue weighted by Gasteiger charge is -2.34. The van der Waals surface area contributed by atoms with Gasteiger partial charge in [0, 0.05) is 32.7 Å². The average molecular weight is 391 g/mol. The highest BCUT2D eigenvalue weighted by Crippen LogP contribution is 2.21. The Hall–Kier alpha value is -2.64. The van der Waals surface area contributed by atoms with Crippen molar-refractivity contribution in [3.05, 3.63) is 35.6 Å². The number of nitrogens with zero attached hydrogens (tertiary/aromatic N) is 2. The first-order chi connectivity index (χ1) is 13.5. The molecule has 0 radical (unpaired) electrons. The minimum Gasteiger partial charge on any atom is -0.481 e. The van der Waals surface area contributed by atoms with Crippen molar-refractivity contribution in [2.24, 2.45) is 5.92 Å². The molecule has 2 fully saturated rings. The van der Waals surface area contributed by atoms with E-state index in [1.807, 2.05) is 4.90 Å². The zero-order valence-corrected chi connectivity index (χ0v) is 15.8. The molecule has 7 nitrogen and oxygen atoms in total. The van der Waals surface area contributed by atoms with E-state index >= 15 is 0 Å². The smallest absolute Gasteiger partial charge is 0.320 e. The quantitative estimate of drug-likeness (QED) is 0.804. The van der Waals surface area contributed by atoms with Gasteiger partial charge in [0.15, 0.2) is 0 Å². The van der Waals surface area contributed by atoms with Crippen molar-refractivity contribution in [2.75, 3.05) is 32.7 Å². The lowest BCUT2D eigenvalue weighted by atomic mass is 9.96. The zero-order valence-electron chi connectivity index (χ0n) is 15.8. The molecule has 2 heterocycles. The molecule has 2 unspecified atom stereocenters. The Bertz CT molecular complexity index is 719. The molecule has 2 saturated heterocycles. The van der Waals surface area contributed by atoms with Crippen molar-refractivity contribution < 1.29 is 23.9 Å². The summed E-state index contributed by atoms with van der Waals surface area (Å²) in [5.41, 5.74) is 0.434. The number of piperidine rings is 1. The van der Waals surface area contributed by atoms with E-state index in [1.54, 1.807) is 4.90 Å². The largest absolute Gasteiger partial charge is 0.481 e. The van der Waals surface area contributed by atoms with Crippen molar-refractivity contribution in [3.8, 4) is 0 Å². The Labute approximate surface area is 163 Å². The van der Waals surface area contributed by atoms with Gasteiger partial charge in [-0.3, -0.25) is 9.59 Å². The fourth-order valence-corrected chi connectivity index (χ4v) is 3.86. The molecule has 0 aliphatic carbocycles. The number of carboxylic acid groups (broad SMARTS) is 1. The number of carbonyl (C=O) groups is 3. The van der Waals surface area contributed by atoms with E-state index in [2.05, 4.69) is 5.32 Å². The Morgan fingerprint density at radius 2 is 1.71 bits per heavy atom. The first-order valence-electron chi connectivity index (χ1n) is 9.75.